The largest absolute Gasteiger partial charge is 0.358 e. The number of likely N-dealkylation sites (tertiary alicyclic amines) is 1. The van der Waals surface area contributed by atoms with Crippen molar-refractivity contribution in [2.75, 3.05) is 19.6 Å². The average molecular weight is 351 g/mol. The van der Waals surface area contributed by atoms with Gasteiger partial charge in [0.2, 0.25) is 0 Å². The van der Waals surface area contributed by atoms with E-state index >= 15 is 0 Å². The van der Waals surface area contributed by atoms with Crippen molar-refractivity contribution >= 4 is 34.4 Å². The van der Waals surface area contributed by atoms with Crippen LogP contribution in [0.5, 0.6) is 0 Å². The average Bonchev–Trinajstić information content (AvgIpc) is 3.10. The lowest BCUT2D eigenvalue weighted by molar-refractivity contribution is 0.0964. The van der Waals surface area contributed by atoms with Gasteiger partial charge in [-0.3, -0.25) is 10.2 Å². The number of hydrogen-bond donors (Lipinski definition) is 1. The normalized spacial score (nSPS) is 17.7. The third kappa shape index (κ3) is 3.50. The van der Waals surface area contributed by atoms with Crippen molar-refractivity contribution in [2.45, 2.75) is 19.3 Å². The Morgan fingerprint density at radius 2 is 1.86 bits per heavy atom. The van der Waals surface area contributed by atoms with E-state index in [0.717, 1.165) is 18.9 Å². The molecule has 0 saturated carbocycles. The third-order valence-electron chi connectivity index (χ3n) is 3.73. The summed E-state index contributed by atoms with van der Waals surface area (Å²) in [6, 6.07) is 9.18. The third-order valence-corrected chi connectivity index (χ3v) is 3.73. The Kier molecular flexibility index (Phi) is 5.12. The number of Topliss-reactive ketones (excluding diaryl/α,β-unsaturated/α-hetero) is 1. The zero-order valence-electron chi connectivity index (χ0n) is 11.8. The second kappa shape index (κ2) is 6.85. The molecule has 112 valence electrons. The molecule has 0 amide bonds. The lowest BCUT2D eigenvalue weighted by Gasteiger charge is -2.15. The number of halogens is 1. The molecule has 0 spiro atoms. The van der Waals surface area contributed by atoms with Crippen molar-refractivity contribution in [3.05, 3.63) is 35.9 Å². The van der Waals surface area contributed by atoms with Crippen molar-refractivity contribution in [1.29, 1.82) is 5.41 Å². The number of carbonyl (C=O) groups is 1. The Bertz CT molecular complexity index is 552. The topological polar surface area (TPSA) is 59.8 Å². The van der Waals surface area contributed by atoms with Gasteiger partial charge in [0.05, 0.1) is 6.42 Å². The van der Waals surface area contributed by atoms with Crippen LogP contribution in [0.1, 0.15) is 29.6 Å². The van der Waals surface area contributed by atoms with Gasteiger partial charge in [-0.2, -0.15) is 5.10 Å². The molecule has 1 aromatic carbocycles. The lowest BCUT2D eigenvalue weighted by atomic mass is 10.1. The van der Waals surface area contributed by atoms with Gasteiger partial charge in [-0.25, -0.2) is 5.01 Å². The SMILES string of the molecule is Br.N=C1CC(N2CCCC2)=NN1CC(=O)c1ccccc1. The van der Waals surface area contributed by atoms with E-state index in [0.29, 0.717) is 17.8 Å². The van der Waals surface area contributed by atoms with Gasteiger partial charge in [-0.05, 0) is 12.8 Å². The fourth-order valence-corrected chi connectivity index (χ4v) is 2.61. The van der Waals surface area contributed by atoms with Crippen LogP contribution in [0.2, 0.25) is 0 Å². The maximum Gasteiger partial charge on any atom is 0.184 e. The minimum absolute atomic E-state index is 0. The summed E-state index contributed by atoms with van der Waals surface area (Å²) in [6.07, 6.45) is 2.92. The molecule has 5 nitrogen and oxygen atoms in total. The highest BCUT2D eigenvalue weighted by atomic mass is 79.9. The molecule has 2 heterocycles. The first-order valence-electron chi connectivity index (χ1n) is 6.99. The van der Waals surface area contributed by atoms with Gasteiger partial charge >= 0.3 is 0 Å². The first-order valence-corrected chi connectivity index (χ1v) is 6.99. The Balaban J connectivity index is 0.00000161. The number of amidine groups is 2. The monoisotopic (exact) mass is 350 g/mol. The van der Waals surface area contributed by atoms with Crippen LogP contribution in [-0.4, -0.2) is 47.0 Å². The van der Waals surface area contributed by atoms with Crippen LogP contribution in [0, 0.1) is 5.41 Å². The maximum absolute atomic E-state index is 12.2. The van der Waals surface area contributed by atoms with Gasteiger partial charge in [0.1, 0.15) is 18.2 Å². The minimum atomic E-state index is 0. The van der Waals surface area contributed by atoms with E-state index in [4.69, 9.17) is 5.41 Å². The quantitative estimate of drug-likeness (QED) is 0.852. The van der Waals surface area contributed by atoms with Crippen molar-refractivity contribution in [2.24, 2.45) is 5.10 Å². The summed E-state index contributed by atoms with van der Waals surface area (Å²) in [4.78, 5) is 14.4. The minimum Gasteiger partial charge on any atom is -0.358 e. The second-order valence-corrected chi connectivity index (χ2v) is 5.18. The molecule has 2 aliphatic rings. The van der Waals surface area contributed by atoms with Crippen LogP contribution in [0.15, 0.2) is 35.4 Å². The van der Waals surface area contributed by atoms with Crippen molar-refractivity contribution in [1.82, 2.24) is 9.91 Å². The summed E-state index contributed by atoms with van der Waals surface area (Å²) in [5, 5.41) is 14.0. The van der Waals surface area contributed by atoms with Gasteiger partial charge in [-0.15, -0.1) is 17.0 Å². The van der Waals surface area contributed by atoms with Crippen LogP contribution in [-0.2, 0) is 0 Å². The molecule has 1 aromatic rings. The van der Waals surface area contributed by atoms with E-state index in [1.807, 2.05) is 18.2 Å². The van der Waals surface area contributed by atoms with Crippen molar-refractivity contribution < 1.29 is 4.79 Å². The van der Waals surface area contributed by atoms with Gasteiger partial charge < -0.3 is 4.90 Å². The highest BCUT2D eigenvalue weighted by molar-refractivity contribution is 8.93. The predicted molar refractivity (Wildman–Crippen MR) is 88.4 cm³/mol. The van der Waals surface area contributed by atoms with Crippen LogP contribution in [0.25, 0.3) is 0 Å². The molecular formula is C15H19BrN4O. The van der Waals surface area contributed by atoms with Gasteiger partial charge in [-0.1, -0.05) is 30.3 Å². The number of hydrazone groups is 1. The maximum atomic E-state index is 12.2. The zero-order chi connectivity index (χ0) is 13.9. The summed E-state index contributed by atoms with van der Waals surface area (Å²) >= 11 is 0. The standard InChI is InChI=1S/C15H18N4O.BrH/c16-14-10-15(18-8-4-5-9-18)17-19(14)11-13(20)12-6-2-1-3-7-12;/h1-3,6-7,16H,4-5,8-11H2;1H. The molecule has 1 fully saturated rings. The first kappa shape index (κ1) is 15.7. The first-order chi connectivity index (χ1) is 9.74. The molecule has 0 bridgehead atoms. The number of ketones is 1. The molecule has 21 heavy (non-hydrogen) atoms. The highest BCUT2D eigenvalue weighted by Gasteiger charge is 2.27. The van der Waals surface area contributed by atoms with E-state index in [9.17, 15) is 4.79 Å². The highest BCUT2D eigenvalue weighted by Crippen LogP contribution is 2.17. The van der Waals surface area contributed by atoms with Gasteiger partial charge in [0, 0.05) is 18.7 Å². The molecule has 0 unspecified atom stereocenters. The molecule has 0 atom stereocenters. The number of carbonyl (C=O) groups excluding carboxylic acids is 1. The second-order valence-electron chi connectivity index (χ2n) is 5.18. The smallest absolute Gasteiger partial charge is 0.184 e. The Morgan fingerprint density at radius 3 is 2.52 bits per heavy atom. The summed E-state index contributed by atoms with van der Waals surface area (Å²) in [5.41, 5.74) is 0.671. The molecule has 3 rings (SSSR count). The molecule has 1 N–H and O–H groups in total. The molecule has 0 aliphatic carbocycles. The fraction of sp³-hybridized carbons (Fsp3) is 0.400. The van der Waals surface area contributed by atoms with E-state index < -0.39 is 0 Å². The Labute approximate surface area is 134 Å². The Morgan fingerprint density at radius 1 is 1.19 bits per heavy atom. The molecule has 1 saturated heterocycles. The number of nitrogens with zero attached hydrogens (tertiary/aromatic N) is 3. The predicted octanol–water partition coefficient (Wildman–Crippen LogP) is 2.54. The van der Waals surface area contributed by atoms with E-state index in [1.165, 1.54) is 17.9 Å². The summed E-state index contributed by atoms with van der Waals surface area (Å²) in [7, 11) is 0. The van der Waals surface area contributed by atoms with Crippen LogP contribution < -0.4 is 0 Å². The van der Waals surface area contributed by atoms with Gasteiger partial charge in [0.15, 0.2) is 5.78 Å². The van der Waals surface area contributed by atoms with Crippen molar-refractivity contribution in [3.63, 3.8) is 0 Å². The summed E-state index contributed by atoms with van der Waals surface area (Å²) in [6.45, 7) is 2.19. The van der Waals surface area contributed by atoms with E-state index in [1.54, 1.807) is 12.1 Å². The number of hydrogen-bond acceptors (Lipinski definition) is 4. The molecule has 0 aromatic heterocycles. The van der Waals surface area contributed by atoms with E-state index in [-0.39, 0.29) is 29.3 Å². The number of nitrogens with one attached hydrogen (secondary N) is 1. The van der Waals surface area contributed by atoms with Gasteiger partial charge in [0.25, 0.3) is 0 Å². The lowest BCUT2D eigenvalue weighted by Crippen LogP contribution is -2.27. The van der Waals surface area contributed by atoms with Crippen LogP contribution in [0.4, 0.5) is 0 Å². The molecular weight excluding hydrogens is 332 g/mol. The molecule has 2 aliphatic heterocycles. The fourth-order valence-electron chi connectivity index (χ4n) is 2.61. The summed E-state index contributed by atoms with van der Waals surface area (Å²) < 4.78 is 0. The zero-order valence-corrected chi connectivity index (χ0v) is 13.5. The molecule has 0 radical (unpaired) electrons. The van der Waals surface area contributed by atoms with Crippen LogP contribution in [0.3, 0.4) is 0 Å². The number of benzene rings is 1. The Hall–Kier alpha value is -1.69. The molecule has 6 heteroatoms. The number of rotatable bonds is 3. The van der Waals surface area contributed by atoms with E-state index in [2.05, 4.69) is 10.0 Å². The summed E-state index contributed by atoms with van der Waals surface area (Å²) in [5.74, 6) is 1.35. The van der Waals surface area contributed by atoms with Crippen LogP contribution >= 0.6 is 17.0 Å². The van der Waals surface area contributed by atoms with Crippen molar-refractivity contribution in [3.8, 4) is 0 Å².